The number of hydrogen-bond acceptors (Lipinski definition) is 0. The predicted octanol–water partition coefficient (Wildman–Crippen LogP) is 3.39. The molecule has 77 valence electrons. The van der Waals surface area contributed by atoms with E-state index < -0.39 is 0 Å². The van der Waals surface area contributed by atoms with Crippen LogP contribution in [0.5, 0.6) is 0 Å². The summed E-state index contributed by atoms with van der Waals surface area (Å²) in [5.41, 5.74) is 2.71. The molecule has 0 saturated carbocycles. The first-order valence-corrected chi connectivity index (χ1v) is 5.52. The Morgan fingerprint density at radius 3 is 1.86 bits per heavy atom. The summed E-state index contributed by atoms with van der Waals surface area (Å²) in [6, 6.07) is 8.69. The first-order valence-electron chi connectivity index (χ1n) is 5.52. The molecule has 0 N–H and O–H groups in total. The van der Waals surface area contributed by atoms with Gasteiger partial charge in [0.25, 0.3) is 0 Å². The molecule has 0 bridgehead atoms. The highest BCUT2D eigenvalue weighted by Crippen LogP contribution is 2.09. The van der Waals surface area contributed by atoms with Crippen molar-refractivity contribution in [2.24, 2.45) is 0 Å². The van der Waals surface area contributed by atoms with Gasteiger partial charge in [-0.05, 0) is 36.8 Å². The van der Waals surface area contributed by atoms with Gasteiger partial charge in [-0.3, -0.25) is 0 Å². The second kappa shape index (κ2) is 6.61. The average molecular weight is 191 g/mol. The van der Waals surface area contributed by atoms with E-state index in [0.29, 0.717) is 0 Å². The van der Waals surface area contributed by atoms with Crippen LogP contribution in [0.2, 0.25) is 0 Å². The molecule has 1 radical (unpaired) electrons. The molecular formula is C13H19O. The van der Waals surface area contributed by atoms with Crippen molar-refractivity contribution in [3.63, 3.8) is 0 Å². The summed E-state index contributed by atoms with van der Waals surface area (Å²) >= 11 is 0. The third-order valence-corrected chi connectivity index (χ3v) is 2.45. The zero-order valence-electron chi connectivity index (χ0n) is 8.96. The van der Waals surface area contributed by atoms with Crippen LogP contribution >= 0.6 is 0 Å². The molecule has 0 amide bonds. The standard InChI is InChI=1S/C13H19O/c1-2-3-5-12-7-9-13(10-8-12)6-4-11-14/h7-10H,2-6,11H2,1H3. The van der Waals surface area contributed by atoms with Crippen LogP contribution in [0.15, 0.2) is 24.3 Å². The monoisotopic (exact) mass is 191 g/mol. The lowest BCUT2D eigenvalue weighted by atomic mass is 10.0. The Kier molecular flexibility index (Phi) is 5.31. The van der Waals surface area contributed by atoms with Gasteiger partial charge in [0, 0.05) is 0 Å². The lowest BCUT2D eigenvalue weighted by molar-refractivity contribution is 0.189. The summed E-state index contributed by atoms with van der Waals surface area (Å²) < 4.78 is 0. The summed E-state index contributed by atoms with van der Waals surface area (Å²) in [5, 5.41) is 10.3. The maximum Gasteiger partial charge on any atom is 0.0825 e. The lowest BCUT2D eigenvalue weighted by Crippen LogP contribution is -1.90. The fraction of sp³-hybridized carbons (Fsp3) is 0.538. The fourth-order valence-electron chi connectivity index (χ4n) is 1.53. The van der Waals surface area contributed by atoms with Crippen LogP contribution in [0.4, 0.5) is 0 Å². The number of unbranched alkanes of at least 4 members (excludes halogenated alkanes) is 1. The van der Waals surface area contributed by atoms with E-state index in [0.717, 1.165) is 12.8 Å². The topological polar surface area (TPSA) is 19.9 Å². The first kappa shape index (κ1) is 11.3. The maximum atomic E-state index is 10.3. The fourth-order valence-corrected chi connectivity index (χ4v) is 1.53. The van der Waals surface area contributed by atoms with Gasteiger partial charge in [0.05, 0.1) is 6.61 Å². The Morgan fingerprint density at radius 1 is 0.929 bits per heavy atom. The Morgan fingerprint density at radius 2 is 1.43 bits per heavy atom. The Balaban J connectivity index is 2.42. The van der Waals surface area contributed by atoms with Crippen molar-refractivity contribution in [3.05, 3.63) is 35.4 Å². The lowest BCUT2D eigenvalue weighted by Gasteiger charge is -2.02. The third kappa shape index (κ3) is 3.93. The highest BCUT2D eigenvalue weighted by Gasteiger charge is 1.94. The summed E-state index contributed by atoms with van der Waals surface area (Å²) in [7, 11) is 0. The van der Waals surface area contributed by atoms with Gasteiger partial charge in [-0.25, -0.2) is 5.11 Å². The molecule has 0 unspecified atom stereocenters. The minimum absolute atomic E-state index is 0.0393. The highest BCUT2D eigenvalue weighted by atomic mass is 16.2. The van der Waals surface area contributed by atoms with Crippen molar-refractivity contribution < 1.29 is 5.11 Å². The Labute approximate surface area is 86.8 Å². The second-order valence-corrected chi connectivity index (χ2v) is 3.73. The molecule has 0 aromatic heterocycles. The van der Waals surface area contributed by atoms with Gasteiger partial charge in [0.1, 0.15) is 0 Å². The van der Waals surface area contributed by atoms with Gasteiger partial charge >= 0.3 is 0 Å². The smallest absolute Gasteiger partial charge is 0.0825 e. The molecule has 0 atom stereocenters. The predicted molar refractivity (Wildman–Crippen MR) is 58.9 cm³/mol. The van der Waals surface area contributed by atoms with Crippen molar-refractivity contribution in [2.45, 2.75) is 39.0 Å². The summed E-state index contributed by atoms with van der Waals surface area (Å²) in [5.74, 6) is 0. The van der Waals surface area contributed by atoms with Crippen LogP contribution < -0.4 is 0 Å². The third-order valence-electron chi connectivity index (χ3n) is 2.45. The van der Waals surface area contributed by atoms with Crippen LogP contribution in [-0.2, 0) is 17.9 Å². The quantitative estimate of drug-likeness (QED) is 0.657. The van der Waals surface area contributed by atoms with E-state index >= 15 is 0 Å². The second-order valence-electron chi connectivity index (χ2n) is 3.73. The molecule has 1 nitrogen and oxygen atoms in total. The van der Waals surface area contributed by atoms with E-state index in [9.17, 15) is 5.11 Å². The molecule has 0 saturated heterocycles. The zero-order valence-corrected chi connectivity index (χ0v) is 8.96. The van der Waals surface area contributed by atoms with E-state index in [1.54, 1.807) is 0 Å². The minimum Gasteiger partial charge on any atom is -0.237 e. The molecule has 14 heavy (non-hydrogen) atoms. The number of benzene rings is 1. The van der Waals surface area contributed by atoms with Crippen LogP contribution in [0, 0.1) is 0 Å². The number of aryl methyl sites for hydroxylation is 2. The van der Waals surface area contributed by atoms with E-state index in [1.807, 2.05) is 0 Å². The molecule has 1 aromatic carbocycles. The molecule has 1 heteroatoms. The van der Waals surface area contributed by atoms with Crippen LogP contribution in [0.1, 0.15) is 37.3 Å². The van der Waals surface area contributed by atoms with Gasteiger partial charge in [-0.2, -0.15) is 0 Å². The van der Waals surface area contributed by atoms with E-state index in [2.05, 4.69) is 31.2 Å². The van der Waals surface area contributed by atoms with Gasteiger partial charge in [0.15, 0.2) is 0 Å². The van der Waals surface area contributed by atoms with Gasteiger partial charge in [-0.1, -0.05) is 37.6 Å². The molecule has 1 aromatic rings. The summed E-state index contributed by atoms with van der Waals surface area (Å²) in [6.45, 7) is 2.25. The van der Waals surface area contributed by atoms with Crippen LogP contribution in [-0.4, -0.2) is 6.61 Å². The van der Waals surface area contributed by atoms with Crippen molar-refractivity contribution >= 4 is 0 Å². The highest BCUT2D eigenvalue weighted by molar-refractivity contribution is 5.22. The first-order chi connectivity index (χ1) is 6.86. The van der Waals surface area contributed by atoms with Crippen molar-refractivity contribution in [1.82, 2.24) is 0 Å². The average Bonchev–Trinajstić information content (AvgIpc) is 2.25. The molecule has 0 aliphatic rings. The van der Waals surface area contributed by atoms with Crippen LogP contribution in [0.3, 0.4) is 0 Å². The Hall–Kier alpha value is -0.820. The maximum absolute atomic E-state index is 10.3. The van der Waals surface area contributed by atoms with Crippen molar-refractivity contribution in [1.29, 1.82) is 0 Å². The normalized spacial score (nSPS) is 10.4. The van der Waals surface area contributed by atoms with Crippen molar-refractivity contribution in [3.8, 4) is 0 Å². The van der Waals surface area contributed by atoms with Crippen LogP contribution in [0.25, 0.3) is 0 Å². The largest absolute Gasteiger partial charge is 0.237 e. The molecule has 1 rings (SSSR count). The van der Waals surface area contributed by atoms with Gasteiger partial charge in [-0.15, -0.1) is 0 Å². The van der Waals surface area contributed by atoms with E-state index in [-0.39, 0.29) is 6.61 Å². The van der Waals surface area contributed by atoms with E-state index in [4.69, 9.17) is 0 Å². The minimum atomic E-state index is 0.0393. The Bertz CT molecular complexity index is 211. The van der Waals surface area contributed by atoms with Gasteiger partial charge in [0.2, 0.25) is 0 Å². The molecule has 0 heterocycles. The van der Waals surface area contributed by atoms with Gasteiger partial charge < -0.3 is 0 Å². The molecule has 0 fully saturated rings. The number of rotatable bonds is 6. The molecular weight excluding hydrogens is 172 g/mol. The summed E-state index contributed by atoms with van der Waals surface area (Å²) in [6.07, 6.45) is 5.38. The summed E-state index contributed by atoms with van der Waals surface area (Å²) in [4.78, 5) is 0. The molecule has 0 aliphatic carbocycles. The zero-order chi connectivity index (χ0) is 10.2. The van der Waals surface area contributed by atoms with Crippen molar-refractivity contribution in [2.75, 3.05) is 6.61 Å². The SMILES string of the molecule is CCCCc1ccc(CCC[O])cc1. The van der Waals surface area contributed by atoms with E-state index in [1.165, 1.54) is 30.4 Å². The molecule has 0 aliphatic heterocycles. The molecule has 0 spiro atoms. The number of hydrogen-bond donors (Lipinski definition) is 0.